The average Bonchev–Trinajstić information content (AvgIpc) is 2.92. The first-order chi connectivity index (χ1) is 17.3. The van der Waals surface area contributed by atoms with Crippen molar-refractivity contribution in [3.63, 3.8) is 0 Å². The second kappa shape index (κ2) is 10.7. The number of carbonyl (C=O) groups excluding carboxylic acids is 2. The van der Waals surface area contributed by atoms with Gasteiger partial charge in [0.15, 0.2) is 21.4 Å². The van der Waals surface area contributed by atoms with Crippen molar-refractivity contribution in [3.8, 4) is 5.75 Å². The van der Waals surface area contributed by atoms with Gasteiger partial charge in [0.1, 0.15) is 16.9 Å². The first-order valence-corrected chi connectivity index (χ1v) is 13.0. The quantitative estimate of drug-likeness (QED) is 0.212. The van der Waals surface area contributed by atoms with Gasteiger partial charge in [-0.3, -0.25) is 9.59 Å². The molecule has 0 aliphatic carbocycles. The van der Waals surface area contributed by atoms with E-state index in [9.17, 15) is 18.0 Å². The van der Waals surface area contributed by atoms with Gasteiger partial charge in [0.25, 0.3) is 0 Å². The zero-order valence-corrected chi connectivity index (χ0v) is 20.8. The lowest BCUT2D eigenvalue weighted by Crippen LogP contribution is -2.35. The molecule has 0 amide bonds. The first-order valence-electron chi connectivity index (χ1n) is 11.5. The van der Waals surface area contributed by atoms with Crippen molar-refractivity contribution in [2.75, 3.05) is 7.11 Å². The van der Waals surface area contributed by atoms with Gasteiger partial charge in [0.05, 0.1) is 12.0 Å². The molecule has 0 spiro atoms. The summed E-state index contributed by atoms with van der Waals surface area (Å²) in [7, 11) is -2.67. The summed E-state index contributed by atoms with van der Waals surface area (Å²) in [6, 6.07) is 29.5. The number of aryl methyl sites for hydroxylation is 1. The Morgan fingerprint density at radius 1 is 0.667 bits per heavy atom. The van der Waals surface area contributed by atoms with Gasteiger partial charge >= 0.3 is 0 Å². The highest BCUT2D eigenvalue weighted by Crippen LogP contribution is 2.39. The number of ether oxygens (including phenoxy) is 1. The van der Waals surface area contributed by atoms with Gasteiger partial charge in [0, 0.05) is 11.1 Å². The summed E-state index contributed by atoms with van der Waals surface area (Å²) < 4.78 is 33.6. The van der Waals surface area contributed by atoms with Crippen LogP contribution in [0.15, 0.2) is 114 Å². The second-order valence-electron chi connectivity index (χ2n) is 8.49. The highest BCUT2D eigenvalue weighted by atomic mass is 32.2. The Hall–Kier alpha value is -4.03. The maximum atomic E-state index is 14.2. The number of rotatable bonds is 9. The van der Waals surface area contributed by atoms with Crippen LogP contribution < -0.4 is 4.74 Å². The Balaban J connectivity index is 1.96. The van der Waals surface area contributed by atoms with Crippen LogP contribution in [0.25, 0.3) is 0 Å². The fourth-order valence-electron chi connectivity index (χ4n) is 4.18. The van der Waals surface area contributed by atoms with Gasteiger partial charge in [-0.05, 0) is 36.8 Å². The molecule has 36 heavy (non-hydrogen) atoms. The predicted octanol–water partition coefficient (Wildman–Crippen LogP) is 5.90. The highest BCUT2D eigenvalue weighted by molar-refractivity contribution is 7.91. The minimum Gasteiger partial charge on any atom is -0.497 e. The maximum Gasteiger partial charge on any atom is 0.186 e. The molecule has 0 saturated carbocycles. The molecule has 0 radical (unpaired) electrons. The van der Waals surface area contributed by atoms with Crippen molar-refractivity contribution in [3.05, 3.63) is 131 Å². The lowest BCUT2D eigenvalue weighted by atomic mass is 9.84. The van der Waals surface area contributed by atoms with E-state index in [1.807, 2.05) is 6.92 Å². The van der Waals surface area contributed by atoms with E-state index in [0.29, 0.717) is 11.3 Å². The van der Waals surface area contributed by atoms with Crippen LogP contribution in [0.2, 0.25) is 0 Å². The average molecular weight is 499 g/mol. The fraction of sp³-hybridized carbons (Fsp3) is 0.133. The molecule has 182 valence electrons. The fourth-order valence-corrected chi connectivity index (χ4v) is 6.11. The molecular formula is C30H26O5S. The number of carbonyl (C=O) groups is 2. The normalized spacial score (nSPS) is 12.2. The molecule has 0 heterocycles. The zero-order valence-electron chi connectivity index (χ0n) is 20.0. The number of sulfone groups is 1. The minimum absolute atomic E-state index is 0.0423. The molecule has 4 rings (SSSR count). The summed E-state index contributed by atoms with van der Waals surface area (Å²) in [5.74, 6) is -2.08. The Kier molecular flexibility index (Phi) is 7.46. The smallest absolute Gasteiger partial charge is 0.186 e. The van der Waals surface area contributed by atoms with Gasteiger partial charge < -0.3 is 4.74 Å². The molecule has 0 aromatic heterocycles. The Bertz CT molecular complexity index is 1390. The van der Waals surface area contributed by atoms with E-state index in [-0.39, 0.29) is 16.0 Å². The van der Waals surface area contributed by atoms with Gasteiger partial charge in [-0.2, -0.15) is 0 Å². The van der Waals surface area contributed by atoms with E-state index in [0.717, 1.165) is 5.56 Å². The highest BCUT2D eigenvalue weighted by Gasteiger charge is 2.44. The number of methoxy groups -OCH3 is 1. The van der Waals surface area contributed by atoms with Crippen molar-refractivity contribution >= 4 is 21.4 Å². The molecule has 0 N–H and O–H groups in total. The Morgan fingerprint density at radius 3 is 1.58 bits per heavy atom. The molecular weight excluding hydrogens is 472 g/mol. The lowest BCUT2D eigenvalue weighted by molar-refractivity contribution is 0.0801. The third-order valence-corrected chi connectivity index (χ3v) is 8.25. The summed E-state index contributed by atoms with van der Waals surface area (Å²) in [6.07, 6.45) is 0. The van der Waals surface area contributed by atoms with E-state index in [2.05, 4.69) is 0 Å². The summed E-state index contributed by atoms with van der Waals surface area (Å²) in [6.45, 7) is 1.86. The van der Waals surface area contributed by atoms with E-state index in [1.54, 1.807) is 97.1 Å². The van der Waals surface area contributed by atoms with Crippen molar-refractivity contribution in [2.45, 2.75) is 17.1 Å². The van der Waals surface area contributed by atoms with E-state index < -0.39 is 32.6 Å². The van der Waals surface area contributed by atoms with E-state index in [4.69, 9.17) is 4.74 Å². The monoisotopic (exact) mass is 498 g/mol. The third kappa shape index (κ3) is 5.14. The number of hydrogen-bond donors (Lipinski definition) is 0. The van der Waals surface area contributed by atoms with Gasteiger partial charge in [-0.25, -0.2) is 8.42 Å². The van der Waals surface area contributed by atoms with Crippen molar-refractivity contribution in [1.82, 2.24) is 0 Å². The third-order valence-electron chi connectivity index (χ3n) is 6.11. The zero-order chi connectivity index (χ0) is 25.7. The number of hydrogen-bond acceptors (Lipinski definition) is 5. The van der Waals surface area contributed by atoms with E-state index in [1.165, 1.54) is 19.2 Å². The molecule has 1 unspecified atom stereocenters. The van der Waals surface area contributed by atoms with E-state index >= 15 is 0 Å². The number of ketones is 2. The first kappa shape index (κ1) is 25.1. The van der Waals surface area contributed by atoms with Gasteiger partial charge in [0.2, 0.25) is 0 Å². The standard InChI is InChI=1S/C30H26O5S/c1-21-13-19-26(20-14-21)36(33,34)30(24-15-17-25(35-2)18-16-24)27(28(31)22-9-5-3-6-10-22)29(32)23-11-7-4-8-12-23/h3-20,27,30H,1-2H3. The molecule has 0 aliphatic rings. The molecule has 4 aromatic carbocycles. The largest absolute Gasteiger partial charge is 0.497 e. The molecule has 5 nitrogen and oxygen atoms in total. The topological polar surface area (TPSA) is 77.5 Å². The van der Waals surface area contributed by atoms with Crippen molar-refractivity contribution in [2.24, 2.45) is 5.92 Å². The van der Waals surface area contributed by atoms with Crippen LogP contribution >= 0.6 is 0 Å². The molecule has 1 atom stereocenters. The SMILES string of the molecule is COc1ccc(C(C(C(=O)c2ccccc2)C(=O)c2ccccc2)S(=O)(=O)c2ccc(C)cc2)cc1. The summed E-state index contributed by atoms with van der Waals surface area (Å²) >= 11 is 0. The van der Waals surface area contributed by atoms with Crippen LogP contribution in [-0.4, -0.2) is 27.1 Å². The van der Waals surface area contributed by atoms with Crippen LogP contribution in [0.4, 0.5) is 0 Å². The Morgan fingerprint density at radius 2 is 1.14 bits per heavy atom. The second-order valence-corrected chi connectivity index (χ2v) is 10.6. The molecule has 4 aromatic rings. The molecule has 6 heteroatoms. The number of Topliss-reactive ketones (excluding diaryl/α,β-unsaturated/α-hetero) is 2. The lowest BCUT2D eigenvalue weighted by Gasteiger charge is -2.26. The Labute approximate surface area is 211 Å². The number of benzene rings is 4. The maximum absolute atomic E-state index is 14.2. The summed E-state index contributed by atoms with van der Waals surface area (Å²) in [5.41, 5.74) is 1.76. The van der Waals surface area contributed by atoms with Crippen molar-refractivity contribution < 1.29 is 22.7 Å². The molecule has 0 fully saturated rings. The van der Waals surface area contributed by atoms with Crippen LogP contribution in [0.3, 0.4) is 0 Å². The van der Waals surface area contributed by atoms with Crippen LogP contribution in [0, 0.1) is 12.8 Å². The van der Waals surface area contributed by atoms with Gasteiger partial charge in [-0.1, -0.05) is 90.5 Å². The predicted molar refractivity (Wildman–Crippen MR) is 139 cm³/mol. The van der Waals surface area contributed by atoms with Crippen LogP contribution in [0.5, 0.6) is 5.75 Å². The van der Waals surface area contributed by atoms with Gasteiger partial charge in [-0.15, -0.1) is 0 Å². The van der Waals surface area contributed by atoms with Crippen molar-refractivity contribution in [1.29, 1.82) is 0 Å². The molecule has 0 bridgehead atoms. The van der Waals surface area contributed by atoms with Crippen LogP contribution in [-0.2, 0) is 9.84 Å². The summed E-state index contributed by atoms with van der Waals surface area (Å²) in [4.78, 5) is 27.9. The minimum atomic E-state index is -4.18. The molecule has 0 saturated heterocycles. The summed E-state index contributed by atoms with van der Waals surface area (Å²) in [5, 5.41) is -1.45. The molecule has 0 aliphatic heterocycles. The van der Waals surface area contributed by atoms with Crippen LogP contribution in [0.1, 0.15) is 37.1 Å².